The quantitative estimate of drug-likeness (QED) is 0.584. The topological polar surface area (TPSA) is 104 Å². The molecule has 18 heavy (non-hydrogen) atoms. The number of hydrogen-bond acceptors (Lipinski definition) is 7. The predicted molar refractivity (Wildman–Crippen MR) is 67.9 cm³/mol. The molecule has 1 atom stereocenters. The Bertz CT molecular complexity index is 451. The summed E-state index contributed by atoms with van der Waals surface area (Å²) in [7, 11) is 3.29. The predicted octanol–water partition coefficient (Wildman–Crippen LogP) is 0.552. The molecule has 0 spiro atoms. The van der Waals surface area contributed by atoms with Crippen LogP contribution in [0, 0.1) is 17.0 Å². The number of anilines is 2. The van der Waals surface area contributed by atoms with Crippen LogP contribution in [-0.2, 0) is 0 Å². The first-order chi connectivity index (χ1) is 8.42. The summed E-state index contributed by atoms with van der Waals surface area (Å²) in [6.07, 6.45) is 0. The highest BCUT2D eigenvalue weighted by atomic mass is 16.6. The Hall–Kier alpha value is -1.96. The summed E-state index contributed by atoms with van der Waals surface area (Å²) in [4.78, 5) is 20.2. The molecule has 1 heterocycles. The lowest BCUT2D eigenvalue weighted by atomic mass is 10.2. The summed E-state index contributed by atoms with van der Waals surface area (Å²) in [5.41, 5.74) is 0.142. The molecule has 100 valence electrons. The molecule has 8 nitrogen and oxygen atoms in total. The van der Waals surface area contributed by atoms with Gasteiger partial charge in [0.1, 0.15) is 5.69 Å². The molecular formula is C10H17N5O3. The Labute approximate surface area is 105 Å². The molecule has 0 fully saturated rings. The zero-order valence-electron chi connectivity index (χ0n) is 10.8. The van der Waals surface area contributed by atoms with Crippen molar-refractivity contribution in [2.24, 2.45) is 0 Å². The van der Waals surface area contributed by atoms with Gasteiger partial charge in [0, 0.05) is 14.1 Å². The maximum Gasteiger partial charge on any atom is 0.332 e. The molecule has 0 aliphatic carbocycles. The summed E-state index contributed by atoms with van der Waals surface area (Å²) in [6, 6.07) is -0.275. The summed E-state index contributed by atoms with van der Waals surface area (Å²) in [5.74, 6) is 0.503. The third-order valence-electron chi connectivity index (χ3n) is 2.71. The largest absolute Gasteiger partial charge is 0.394 e. The van der Waals surface area contributed by atoms with Crippen LogP contribution in [0.2, 0.25) is 0 Å². The fraction of sp³-hybridized carbons (Fsp3) is 0.600. The van der Waals surface area contributed by atoms with Crippen molar-refractivity contribution in [3.63, 3.8) is 0 Å². The molecule has 1 aromatic rings. The maximum atomic E-state index is 11.1. The average Bonchev–Trinajstić information content (AvgIpc) is 2.35. The fourth-order valence-corrected chi connectivity index (χ4v) is 1.45. The molecule has 2 N–H and O–H groups in total. The Morgan fingerprint density at radius 1 is 1.56 bits per heavy atom. The van der Waals surface area contributed by atoms with E-state index in [1.165, 1.54) is 0 Å². The van der Waals surface area contributed by atoms with Crippen molar-refractivity contribution in [1.29, 1.82) is 0 Å². The molecule has 0 aliphatic heterocycles. The molecular weight excluding hydrogens is 238 g/mol. The van der Waals surface area contributed by atoms with Gasteiger partial charge in [-0.1, -0.05) is 0 Å². The molecule has 0 saturated heterocycles. The van der Waals surface area contributed by atoms with Crippen molar-refractivity contribution >= 4 is 17.5 Å². The van der Waals surface area contributed by atoms with Gasteiger partial charge in [-0.15, -0.1) is 0 Å². The molecule has 1 unspecified atom stereocenters. The fourth-order valence-electron chi connectivity index (χ4n) is 1.45. The van der Waals surface area contributed by atoms with Crippen molar-refractivity contribution in [2.75, 3.05) is 30.9 Å². The highest BCUT2D eigenvalue weighted by Gasteiger charge is 2.26. The van der Waals surface area contributed by atoms with E-state index in [0.29, 0.717) is 5.95 Å². The van der Waals surface area contributed by atoms with Crippen LogP contribution in [0.25, 0.3) is 0 Å². The molecule has 1 aromatic heterocycles. The van der Waals surface area contributed by atoms with E-state index in [-0.39, 0.29) is 29.8 Å². The lowest BCUT2D eigenvalue weighted by Gasteiger charge is -2.24. The molecule has 8 heteroatoms. The highest BCUT2D eigenvalue weighted by Crippen LogP contribution is 2.29. The van der Waals surface area contributed by atoms with Gasteiger partial charge < -0.3 is 15.3 Å². The van der Waals surface area contributed by atoms with Crippen molar-refractivity contribution in [1.82, 2.24) is 9.97 Å². The molecule has 0 aliphatic rings. The van der Waals surface area contributed by atoms with Gasteiger partial charge in [0.2, 0.25) is 11.8 Å². The minimum absolute atomic E-state index is 0.119. The van der Waals surface area contributed by atoms with Crippen molar-refractivity contribution < 1.29 is 10.0 Å². The van der Waals surface area contributed by atoms with Gasteiger partial charge in [0.05, 0.1) is 17.6 Å². The summed E-state index contributed by atoms with van der Waals surface area (Å²) in [5, 5.41) is 22.9. The van der Waals surface area contributed by atoms with E-state index in [4.69, 9.17) is 5.11 Å². The first-order valence-electron chi connectivity index (χ1n) is 5.46. The Kier molecular flexibility index (Phi) is 4.38. The van der Waals surface area contributed by atoms with Gasteiger partial charge in [-0.05, 0) is 13.8 Å². The summed E-state index contributed by atoms with van der Waals surface area (Å²) < 4.78 is 0. The number of hydrogen-bond donors (Lipinski definition) is 2. The minimum atomic E-state index is -0.509. The molecule has 0 saturated carbocycles. The van der Waals surface area contributed by atoms with Crippen LogP contribution in [0.5, 0.6) is 0 Å². The van der Waals surface area contributed by atoms with E-state index in [9.17, 15) is 10.1 Å². The van der Waals surface area contributed by atoms with Crippen LogP contribution in [0.15, 0.2) is 0 Å². The SMILES string of the molecule is CNc1nc(C)c([N+](=O)[O-])c(N(C)C(C)CO)n1. The van der Waals surface area contributed by atoms with Gasteiger partial charge in [-0.25, -0.2) is 4.98 Å². The van der Waals surface area contributed by atoms with Gasteiger partial charge in [-0.2, -0.15) is 4.98 Å². The van der Waals surface area contributed by atoms with E-state index in [1.54, 1.807) is 32.8 Å². The number of aryl methyl sites for hydroxylation is 1. The zero-order valence-corrected chi connectivity index (χ0v) is 10.8. The molecule has 0 radical (unpaired) electrons. The van der Waals surface area contributed by atoms with Crippen LogP contribution < -0.4 is 10.2 Å². The Morgan fingerprint density at radius 3 is 2.61 bits per heavy atom. The molecule has 1 rings (SSSR count). The van der Waals surface area contributed by atoms with Crippen molar-refractivity contribution in [2.45, 2.75) is 19.9 Å². The average molecular weight is 255 g/mol. The lowest BCUT2D eigenvalue weighted by molar-refractivity contribution is -0.385. The van der Waals surface area contributed by atoms with Crippen LogP contribution in [0.3, 0.4) is 0 Å². The van der Waals surface area contributed by atoms with E-state index in [0.717, 1.165) is 0 Å². The van der Waals surface area contributed by atoms with Crippen molar-refractivity contribution in [3.05, 3.63) is 15.8 Å². The first kappa shape index (κ1) is 14.1. The van der Waals surface area contributed by atoms with E-state index in [1.807, 2.05) is 0 Å². The van der Waals surface area contributed by atoms with Crippen LogP contribution >= 0.6 is 0 Å². The number of nitrogens with one attached hydrogen (secondary N) is 1. The second kappa shape index (κ2) is 5.58. The van der Waals surface area contributed by atoms with Gasteiger partial charge >= 0.3 is 5.69 Å². The second-order valence-corrected chi connectivity index (χ2v) is 3.95. The summed E-state index contributed by atoms with van der Waals surface area (Å²) in [6.45, 7) is 3.19. The number of nitrogens with zero attached hydrogens (tertiary/aromatic N) is 4. The second-order valence-electron chi connectivity index (χ2n) is 3.95. The number of likely N-dealkylation sites (N-methyl/N-ethyl adjacent to an activating group) is 1. The smallest absolute Gasteiger partial charge is 0.332 e. The Balaban J connectivity index is 3.38. The number of rotatable bonds is 5. The summed E-state index contributed by atoms with van der Waals surface area (Å²) >= 11 is 0. The minimum Gasteiger partial charge on any atom is -0.394 e. The van der Waals surface area contributed by atoms with Crippen LogP contribution in [-0.4, -0.2) is 46.7 Å². The molecule has 0 aromatic carbocycles. The highest BCUT2D eigenvalue weighted by molar-refractivity contribution is 5.62. The number of nitro groups is 1. The third kappa shape index (κ3) is 2.65. The van der Waals surface area contributed by atoms with Crippen molar-refractivity contribution in [3.8, 4) is 0 Å². The zero-order chi connectivity index (χ0) is 13.9. The molecule has 0 bridgehead atoms. The standard InChI is InChI=1S/C10H17N5O3/c1-6(5-16)14(4)9-8(15(17)18)7(2)12-10(11-3)13-9/h6,16H,5H2,1-4H3,(H,11,12,13). The number of aromatic nitrogens is 2. The molecule has 0 amide bonds. The van der Waals surface area contributed by atoms with E-state index < -0.39 is 4.92 Å². The maximum absolute atomic E-state index is 11.1. The lowest BCUT2D eigenvalue weighted by Crippen LogP contribution is -2.33. The third-order valence-corrected chi connectivity index (χ3v) is 2.71. The van der Waals surface area contributed by atoms with Crippen LogP contribution in [0.1, 0.15) is 12.6 Å². The first-order valence-corrected chi connectivity index (χ1v) is 5.46. The van der Waals surface area contributed by atoms with Gasteiger partial charge in [0.15, 0.2) is 0 Å². The Morgan fingerprint density at radius 2 is 2.17 bits per heavy atom. The normalized spacial score (nSPS) is 12.1. The van der Waals surface area contributed by atoms with Gasteiger partial charge in [0.25, 0.3) is 0 Å². The number of aliphatic hydroxyl groups is 1. The van der Waals surface area contributed by atoms with E-state index in [2.05, 4.69) is 15.3 Å². The van der Waals surface area contributed by atoms with Crippen LogP contribution in [0.4, 0.5) is 17.5 Å². The van der Waals surface area contributed by atoms with E-state index >= 15 is 0 Å². The number of aliphatic hydroxyl groups excluding tert-OH is 1. The van der Waals surface area contributed by atoms with Gasteiger partial charge in [-0.3, -0.25) is 10.1 Å². The monoisotopic (exact) mass is 255 g/mol.